The van der Waals surface area contributed by atoms with E-state index in [0.717, 1.165) is 6.42 Å². The van der Waals surface area contributed by atoms with Crippen molar-refractivity contribution in [2.24, 2.45) is 5.92 Å². The Kier molecular flexibility index (Phi) is 6.98. The molecule has 0 aliphatic carbocycles. The number of anilines is 1. The highest BCUT2D eigenvalue weighted by Crippen LogP contribution is 2.23. The molecule has 0 spiro atoms. The monoisotopic (exact) mass is 481 g/mol. The first-order valence-electron chi connectivity index (χ1n) is 11.8. The maximum absolute atomic E-state index is 12.3. The van der Waals surface area contributed by atoms with E-state index >= 15 is 0 Å². The first-order chi connectivity index (χ1) is 16.6. The second-order valence-electron chi connectivity index (χ2n) is 9.83. The van der Waals surface area contributed by atoms with Gasteiger partial charge in [-0.2, -0.15) is 0 Å². The van der Waals surface area contributed by atoms with E-state index in [-0.39, 0.29) is 37.0 Å². The van der Waals surface area contributed by atoms with Crippen LogP contribution in [0.1, 0.15) is 46.1 Å². The largest absolute Gasteiger partial charge is 0.444 e. The predicted octanol–water partition coefficient (Wildman–Crippen LogP) is 2.79. The molecular formula is C25H31N5O5. The normalized spacial score (nSPS) is 20.9. The number of rotatable bonds is 3. The van der Waals surface area contributed by atoms with E-state index in [1.807, 2.05) is 39.1 Å². The van der Waals surface area contributed by atoms with E-state index in [2.05, 4.69) is 29.1 Å². The number of imidazole rings is 1. The van der Waals surface area contributed by atoms with Crippen molar-refractivity contribution >= 4 is 29.5 Å². The third kappa shape index (κ3) is 5.74. The van der Waals surface area contributed by atoms with Crippen molar-refractivity contribution < 1.29 is 23.9 Å². The molecule has 0 saturated carbocycles. The Hall–Kier alpha value is -3.58. The number of imide groups is 1. The van der Waals surface area contributed by atoms with Crippen molar-refractivity contribution in [2.75, 3.05) is 31.1 Å². The van der Waals surface area contributed by atoms with E-state index in [4.69, 9.17) is 9.47 Å². The third-order valence-electron chi connectivity index (χ3n) is 5.92. The van der Waals surface area contributed by atoms with E-state index in [9.17, 15) is 14.4 Å². The van der Waals surface area contributed by atoms with Crippen LogP contribution in [0.2, 0.25) is 0 Å². The molecule has 4 rings (SSSR count). The zero-order valence-corrected chi connectivity index (χ0v) is 20.5. The van der Waals surface area contributed by atoms with Gasteiger partial charge in [-0.05, 0) is 39.3 Å². The fourth-order valence-electron chi connectivity index (χ4n) is 4.22. The van der Waals surface area contributed by atoms with Gasteiger partial charge >= 0.3 is 12.1 Å². The van der Waals surface area contributed by atoms with Crippen molar-refractivity contribution in [2.45, 2.75) is 52.2 Å². The average Bonchev–Trinajstić information content (AvgIpc) is 3.21. The van der Waals surface area contributed by atoms with Crippen molar-refractivity contribution in [1.82, 2.24) is 19.6 Å². The van der Waals surface area contributed by atoms with Gasteiger partial charge in [0.25, 0.3) is 0 Å². The van der Waals surface area contributed by atoms with Crippen molar-refractivity contribution in [1.29, 1.82) is 0 Å². The number of pyridine rings is 1. The molecule has 1 N–H and O–H groups in total. The number of carbonyl (C=O) groups excluding carboxylic acids is 3. The second kappa shape index (κ2) is 9.96. The lowest BCUT2D eigenvalue weighted by Crippen LogP contribution is -2.50. The number of urea groups is 1. The lowest BCUT2D eigenvalue weighted by molar-refractivity contribution is -0.120. The third-order valence-corrected chi connectivity index (χ3v) is 5.92. The Morgan fingerprint density at radius 1 is 1.29 bits per heavy atom. The van der Waals surface area contributed by atoms with E-state index in [0.29, 0.717) is 36.7 Å². The molecular weight excluding hydrogens is 450 g/mol. The van der Waals surface area contributed by atoms with E-state index in [1.54, 1.807) is 15.5 Å². The number of piperidine rings is 1. The summed E-state index contributed by atoms with van der Waals surface area (Å²) in [6.07, 6.45) is 4.10. The van der Waals surface area contributed by atoms with Crippen LogP contribution in [0, 0.1) is 17.8 Å². The first-order valence-corrected chi connectivity index (χ1v) is 11.8. The van der Waals surface area contributed by atoms with Gasteiger partial charge in [0.15, 0.2) is 5.65 Å². The number of likely N-dealkylation sites (tertiary alicyclic amines) is 1. The molecule has 2 aliphatic heterocycles. The molecule has 0 bridgehead atoms. The Morgan fingerprint density at radius 2 is 2.09 bits per heavy atom. The number of hydrogen-bond donors (Lipinski definition) is 1. The van der Waals surface area contributed by atoms with Crippen molar-refractivity contribution in [3.8, 4) is 11.8 Å². The van der Waals surface area contributed by atoms with Gasteiger partial charge in [0, 0.05) is 38.2 Å². The zero-order chi connectivity index (χ0) is 25.2. The molecule has 35 heavy (non-hydrogen) atoms. The van der Waals surface area contributed by atoms with Gasteiger partial charge in [0.2, 0.25) is 5.91 Å². The molecule has 2 aromatic heterocycles. The summed E-state index contributed by atoms with van der Waals surface area (Å²) in [6, 6.07) is 3.24. The Labute approximate surface area is 204 Å². The van der Waals surface area contributed by atoms with Crippen LogP contribution in [0.15, 0.2) is 24.5 Å². The number of amides is 4. The highest BCUT2D eigenvalue weighted by molar-refractivity contribution is 6.05. The Bertz CT molecular complexity index is 1190. The van der Waals surface area contributed by atoms with Crippen LogP contribution in [0.5, 0.6) is 0 Å². The summed E-state index contributed by atoms with van der Waals surface area (Å²) in [7, 11) is 0. The minimum absolute atomic E-state index is 0.0112. The molecule has 0 aromatic carbocycles. The minimum Gasteiger partial charge on any atom is -0.444 e. The molecule has 10 nitrogen and oxygen atoms in total. The summed E-state index contributed by atoms with van der Waals surface area (Å²) in [5.74, 6) is 6.64. The highest BCUT2D eigenvalue weighted by atomic mass is 16.6. The smallest absolute Gasteiger partial charge is 0.410 e. The summed E-state index contributed by atoms with van der Waals surface area (Å²) < 4.78 is 13.3. The fourth-order valence-corrected chi connectivity index (χ4v) is 4.22. The molecule has 0 unspecified atom stereocenters. The van der Waals surface area contributed by atoms with Crippen LogP contribution in [0.3, 0.4) is 0 Å². The topological polar surface area (TPSA) is 105 Å². The summed E-state index contributed by atoms with van der Waals surface area (Å²) in [5, 5.41) is 2.33. The van der Waals surface area contributed by atoms with Crippen LogP contribution in [0.4, 0.5) is 15.4 Å². The van der Waals surface area contributed by atoms with Crippen molar-refractivity contribution in [3.05, 3.63) is 30.1 Å². The molecule has 2 aliphatic rings. The number of hydrogen-bond acceptors (Lipinski definition) is 6. The summed E-state index contributed by atoms with van der Waals surface area (Å²) in [5.41, 5.74) is 0.823. The zero-order valence-electron chi connectivity index (χ0n) is 20.5. The summed E-state index contributed by atoms with van der Waals surface area (Å²) >= 11 is 0. The van der Waals surface area contributed by atoms with Gasteiger partial charge in [0.1, 0.15) is 18.0 Å². The van der Waals surface area contributed by atoms with Crippen molar-refractivity contribution in [3.63, 3.8) is 0 Å². The quantitative estimate of drug-likeness (QED) is 0.676. The van der Waals surface area contributed by atoms with Gasteiger partial charge in [-0.1, -0.05) is 18.8 Å². The molecule has 2 aromatic rings. The number of aromatic nitrogens is 2. The molecule has 4 amide bonds. The van der Waals surface area contributed by atoms with Crippen LogP contribution in [-0.4, -0.2) is 70.3 Å². The Morgan fingerprint density at radius 3 is 2.80 bits per heavy atom. The highest BCUT2D eigenvalue weighted by Gasteiger charge is 2.31. The SMILES string of the molecule is C[C@H]1CN(C(=O)OC(C)(C)C)CC[C@@H]1OCC#Cc1cccn2c(N3CCC(=O)NC3=O)cnc12. The molecule has 4 heterocycles. The molecule has 2 saturated heterocycles. The second-order valence-corrected chi connectivity index (χ2v) is 9.83. The van der Waals surface area contributed by atoms with Crippen LogP contribution in [-0.2, 0) is 14.3 Å². The van der Waals surface area contributed by atoms with Gasteiger partial charge in [-0.25, -0.2) is 14.6 Å². The maximum Gasteiger partial charge on any atom is 0.410 e. The first kappa shape index (κ1) is 24.5. The molecule has 2 fully saturated rings. The molecule has 0 radical (unpaired) electrons. The molecule has 10 heteroatoms. The lowest BCUT2D eigenvalue weighted by Gasteiger charge is -2.37. The lowest BCUT2D eigenvalue weighted by atomic mass is 9.97. The predicted molar refractivity (Wildman–Crippen MR) is 129 cm³/mol. The average molecular weight is 482 g/mol. The minimum atomic E-state index is -0.513. The van der Waals surface area contributed by atoms with Gasteiger partial charge in [-0.3, -0.25) is 19.4 Å². The summed E-state index contributed by atoms with van der Waals surface area (Å²) in [4.78, 5) is 43.7. The number of ether oxygens (including phenoxy) is 2. The van der Waals surface area contributed by atoms with Gasteiger partial charge < -0.3 is 14.4 Å². The standard InChI is InChI=1S/C25H31N5O5/c1-17-16-28(24(33)35-25(2,3)4)12-9-19(17)34-14-6-8-18-7-5-11-29-21(15-26-22(18)29)30-13-10-20(31)27-23(30)32/h5,7,11,15,17,19H,9-10,12-14,16H2,1-4H3,(H,27,31,32)/t17-,19-/m0/s1. The fraction of sp³-hybridized carbons (Fsp3) is 0.520. The van der Waals surface area contributed by atoms with E-state index in [1.165, 1.54) is 4.90 Å². The van der Waals surface area contributed by atoms with Crippen LogP contribution >= 0.6 is 0 Å². The number of nitrogens with one attached hydrogen (secondary N) is 1. The molecule has 2 atom stereocenters. The van der Waals surface area contributed by atoms with E-state index < -0.39 is 11.6 Å². The number of fused-ring (bicyclic) bond motifs is 1. The number of nitrogens with zero attached hydrogens (tertiary/aromatic N) is 4. The van der Waals surface area contributed by atoms with Gasteiger partial charge in [-0.15, -0.1) is 0 Å². The van der Waals surface area contributed by atoms with Crippen LogP contribution < -0.4 is 10.2 Å². The van der Waals surface area contributed by atoms with Crippen LogP contribution in [0.25, 0.3) is 5.65 Å². The Balaban J connectivity index is 1.36. The maximum atomic E-state index is 12.3. The summed E-state index contributed by atoms with van der Waals surface area (Å²) in [6.45, 7) is 9.37. The number of carbonyl (C=O) groups is 3. The molecule has 186 valence electrons. The van der Waals surface area contributed by atoms with Gasteiger partial charge in [0.05, 0.1) is 17.9 Å².